The minimum absolute atomic E-state index is 0.00974. The first kappa shape index (κ1) is 13.6. The molecule has 2 rings (SSSR count). The quantitative estimate of drug-likeness (QED) is 0.628. The Hall–Kier alpha value is -1.87. The summed E-state index contributed by atoms with van der Waals surface area (Å²) in [7, 11) is -3.15. The molecule has 0 fully saturated rings. The molecule has 0 aromatic carbocycles. The third-order valence-electron chi connectivity index (χ3n) is 2.33. The number of carbonyl (C=O) groups is 2. The lowest BCUT2D eigenvalue weighted by atomic mass is 10.4. The number of pyridine rings is 1. The van der Waals surface area contributed by atoms with Gasteiger partial charge in [-0.15, -0.1) is 0 Å². The molecule has 0 unspecified atom stereocenters. The van der Waals surface area contributed by atoms with Crippen LogP contribution >= 0.6 is 11.6 Å². The van der Waals surface area contributed by atoms with Gasteiger partial charge in [-0.1, -0.05) is 11.6 Å². The number of hydrogen-bond donors (Lipinski definition) is 1. The smallest absolute Gasteiger partial charge is 0.336 e. The number of urea groups is 1. The molecule has 1 N–H and O–H groups in total. The number of hydrogen-bond acceptors (Lipinski definition) is 6. The van der Waals surface area contributed by atoms with Crippen molar-refractivity contribution in [1.29, 1.82) is 0 Å². The maximum atomic E-state index is 12.2. The maximum Gasteiger partial charge on any atom is 0.336 e. The zero-order valence-corrected chi connectivity index (χ0v) is 11.2. The summed E-state index contributed by atoms with van der Waals surface area (Å²) in [4.78, 5) is 26.5. The zero-order chi connectivity index (χ0) is 14.2. The van der Waals surface area contributed by atoms with Crippen molar-refractivity contribution in [3.05, 3.63) is 17.3 Å². The number of carbonyl (C=O) groups excluding carboxylic acids is 2. The van der Waals surface area contributed by atoms with Crippen LogP contribution < -0.4 is 5.32 Å². The highest BCUT2D eigenvalue weighted by Gasteiger charge is 2.39. The van der Waals surface area contributed by atoms with Crippen LogP contribution in [0.4, 0.5) is 10.5 Å². The predicted octanol–water partition coefficient (Wildman–Crippen LogP) is 0.444. The van der Waals surface area contributed by atoms with E-state index < -0.39 is 33.6 Å². The van der Waals surface area contributed by atoms with Gasteiger partial charge in [0.25, 0.3) is 10.0 Å². The number of esters is 1. The standard InChI is InChI=1S/C9H8ClN3O5S/c1-18-7(14)4-13-9(15)11-5-2-3-6(10)12-8(5)19(13,16)17/h2-3H,4H2,1H3,(H,11,15). The van der Waals surface area contributed by atoms with Crippen LogP contribution in [0.25, 0.3) is 0 Å². The summed E-state index contributed by atoms with van der Waals surface area (Å²) in [5, 5.41) is 1.84. The molecule has 1 aromatic rings. The second kappa shape index (κ2) is 4.67. The van der Waals surface area contributed by atoms with Gasteiger partial charge >= 0.3 is 12.0 Å². The summed E-state index contributed by atoms with van der Waals surface area (Å²) in [6, 6.07) is 1.70. The summed E-state index contributed by atoms with van der Waals surface area (Å²) in [5.41, 5.74) is 0.00974. The molecular formula is C9H8ClN3O5S. The van der Waals surface area contributed by atoms with Crippen LogP contribution in [0.2, 0.25) is 5.15 Å². The van der Waals surface area contributed by atoms with E-state index in [0.29, 0.717) is 4.31 Å². The van der Waals surface area contributed by atoms with E-state index in [9.17, 15) is 18.0 Å². The SMILES string of the molecule is COC(=O)CN1C(=O)Nc2ccc(Cl)nc2S1(=O)=O. The third kappa shape index (κ3) is 2.34. The van der Waals surface area contributed by atoms with E-state index in [4.69, 9.17) is 11.6 Å². The van der Waals surface area contributed by atoms with Gasteiger partial charge in [-0.3, -0.25) is 4.79 Å². The molecule has 102 valence electrons. The Morgan fingerprint density at radius 1 is 1.53 bits per heavy atom. The number of amides is 2. The summed E-state index contributed by atoms with van der Waals surface area (Å²) in [6.45, 7) is -0.738. The number of anilines is 1. The highest BCUT2D eigenvalue weighted by atomic mass is 35.5. The molecule has 19 heavy (non-hydrogen) atoms. The van der Waals surface area contributed by atoms with E-state index in [2.05, 4.69) is 15.0 Å². The van der Waals surface area contributed by atoms with Crippen LogP contribution in [0, 0.1) is 0 Å². The van der Waals surface area contributed by atoms with Crippen molar-refractivity contribution >= 4 is 39.3 Å². The van der Waals surface area contributed by atoms with Crippen molar-refractivity contribution in [2.24, 2.45) is 0 Å². The Morgan fingerprint density at radius 3 is 2.84 bits per heavy atom. The van der Waals surface area contributed by atoms with Gasteiger partial charge in [0, 0.05) is 0 Å². The summed E-state index contributed by atoms with van der Waals surface area (Å²) >= 11 is 5.62. The molecule has 2 heterocycles. The molecule has 0 atom stereocenters. The second-order valence-corrected chi connectivity index (χ2v) is 5.67. The van der Waals surface area contributed by atoms with Crippen LogP contribution in [-0.4, -0.2) is 43.4 Å². The minimum atomic E-state index is -4.23. The minimum Gasteiger partial charge on any atom is -0.468 e. The molecule has 0 saturated heterocycles. The third-order valence-corrected chi connectivity index (χ3v) is 4.21. The Kier molecular flexibility index (Phi) is 3.33. The van der Waals surface area contributed by atoms with Crippen LogP contribution in [0.1, 0.15) is 0 Å². The van der Waals surface area contributed by atoms with E-state index in [1.165, 1.54) is 12.1 Å². The Labute approximate surface area is 113 Å². The normalized spacial score (nSPS) is 16.5. The number of rotatable bonds is 2. The molecule has 2 amide bonds. The van der Waals surface area contributed by atoms with Crippen LogP contribution in [0.3, 0.4) is 0 Å². The maximum absolute atomic E-state index is 12.2. The molecule has 1 aliphatic rings. The lowest BCUT2D eigenvalue weighted by molar-refractivity contribution is -0.140. The van der Waals surface area contributed by atoms with E-state index in [-0.39, 0.29) is 10.8 Å². The lowest BCUT2D eigenvalue weighted by Crippen LogP contribution is -2.47. The zero-order valence-electron chi connectivity index (χ0n) is 9.58. The van der Waals surface area contributed by atoms with Gasteiger partial charge in [-0.25, -0.2) is 14.1 Å². The predicted molar refractivity (Wildman–Crippen MR) is 64.2 cm³/mol. The highest BCUT2D eigenvalue weighted by Crippen LogP contribution is 2.29. The molecule has 0 spiro atoms. The van der Waals surface area contributed by atoms with Crippen LogP contribution in [-0.2, 0) is 19.6 Å². The molecule has 1 aliphatic heterocycles. The average molecular weight is 306 g/mol. The van der Waals surface area contributed by atoms with E-state index >= 15 is 0 Å². The number of nitrogens with one attached hydrogen (secondary N) is 1. The largest absolute Gasteiger partial charge is 0.468 e. The number of fused-ring (bicyclic) bond motifs is 1. The fourth-order valence-electron chi connectivity index (χ4n) is 1.44. The Bertz CT molecular complexity index is 660. The van der Waals surface area contributed by atoms with Crippen molar-refractivity contribution in [2.45, 2.75) is 5.03 Å². The van der Waals surface area contributed by atoms with Gasteiger partial charge in [0.05, 0.1) is 12.8 Å². The average Bonchev–Trinajstić information content (AvgIpc) is 2.35. The first-order chi connectivity index (χ1) is 8.86. The van der Waals surface area contributed by atoms with Gasteiger partial charge in [0.15, 0.2) is 0 Å². The number of halogens is 1. The molecule has 0 aliphatic carbocycles. The van der Waals surface area contributed by atoms with Gasteiger partial charge in [-0.2, -0.15) is 8.42 Å². The van der Waals surface area contributed by atoms with E-state index in [0.717, 1.165) is 7.11 Å². The molecule has 0 bridgehead atoms. The van der Waals surface area contributed by atoms with Gasteiger partial charge in [-0.05, 0) is 12.1 Å². The summed E-state index contributed by atoms with van der Waals surface area (Å²) in [5.74, 6) is -0.871. The van der Waals surface area contributed by atoms with Crippen molar-refractivity contribution in [1.82, 2.24) is 9.29 Å². The van der Waals surface area contributed by atoms with Crippen LogP contribution in [0.15, 0.2) is 17.2 Å². The van der Waals surface area contributed by atoms with E-state index in [1.54, 1.807) is 0 Å². The first-order valence-corrected chi connectivity index (χ1v) is 6.75. The van der Waals surface area contributed by atoms with Gasteiger partial charge in [0.2, 0.25) is 5.03 Å². The van der Waals surface area contributed by atoms with Crippen molar-refractivity contribution in [3.63, 3.8) is 0 Å². The molecule has 0 radical (unpaired) electrons. The van der Waals surface area contributed by atoms with Crippen molar-refractivity contribution in [2.75, 3.05) is 19.0 Å². The molecule has 0 saturated carbocycles. The number of ether oxygens (including phenoxy) is 1. The molecular weight excluding hydrogens is 298 g/mol. The lowest BCUT2D eigenvalue weighted by Gasteiger charge is -2.26. The fourth-order valence-corrected chi connectivity index (χ4v) is 3.00. The second-order valence-electron chi connectivity index (χ2n) is 3.50. The molecule has 10 heteroatoms. The molecule has 1 aromatic heterocycles. The van der Waals surface area contributed by atoms with Gasteiger partial charge in [0.1, 0.15) is 11.7 Å². The monoisotopic (exact) mass is 305 g/mol. The Morgan fingerprint density at radius 2 is 2.21 bits per heavy atom. The Balaban J connectivity index is 2.51. The summed E-state index contributed by atoms with van der Waals surface area (Å²) < 4.78 is 29.0. The van der Waals surface area contributed by atoms with E-state index in [1.807, 2.05) is 0 Å². The number of methoxy groups -OCH3 is 1. The number of sulfonamides is 1. The molecule has 8 nitrogen and oxygen atoms in total. The summed E-state index contributed by atoms with van der Waals surface area (Å²) in [6.07, 6.45) is 0. The number of nitrogens with zero attached hydrogens (tertiary/aromatic N) is 2. The van der Waals surface area contributed by atoms with Crippen LogP contribution in [0.5, 0.6) is 0 Å². The topological polar surface area (TPSA) is 106 Å². The first-order valence-electron chi connectivity index (χ1n) is 4.93. The highest BCUT2D eigenvalue weighted by molar-refractivity contribution is 7.89. The van der Waals surface area contributed by atoms with Crippen molar-refractivity contribution < 1.29 is 22.7 Å². The van der Waals surface area contributed by atoms with Gasteiger partial charge < -0.3 is 10.1 Å². The van der Waals surface area contributed by atoms with Crippen molar-refractivity contribution in [3.8, 4) is 0 Å². The number of aromatic nitrogens is 1. The fraction of sp³-hybridized carbons (Fsp3) is 0.222.